The predicted molar refractivity (Wildman–Crippen MR) is 98.2 cm³/mol. The molecule has 1 aliphatic carbocycles. The van der Waals surface area contributed by atoms with Crippen LogP contribution >= 0.6 is 0 Å². The SMILES string of the molecule is CCCC1CCC(c2cc(F)c(C(=O)O)c(F)c2-c2cc(F)c(F)c(F)c2)CC1. The quantitative estimate of drug-likeness (QED) is 0.432. The van der Waals surface area contributed by atoms with Crippen molar-refractivity contribution in [3.63, 3.8) is 0 Å². The zero-order chi connectivity index (χ0) is 21.3. The predicted octanol–water partition coefficient (Wildman–Crippen LogP) is 6.82. The van der Waals surface area contributed by atoms with Crippen LogP contribution in [-0.4, -0.2) is 11.1 Å². The highest BCUT2D eigenvalue weighted by Gasteiger charge is 2.30. The molecule has 2 aromatic rings. The fourth-order valence-corrected chi connectivity index (χ4v) is 4.32. The molecule has 1 N–H and O–H groups in total. The normalized spacial score (nSPS) is 19.4. The Morgan fingerprint density at radius 1 is 0.931 bits per heavy atom. The Morgan fingerprint density at radius 3 is 2.03 bits per heavy atom. The van der Waals surface area contributed by atoms with Crippen molar-refractivity contribution in [2.24, 2.45) is 5.92 Å². The molecular formula is C22H21F5O2. The molecule has 0 heterocycles. The second kappa shape index (κ2) is 8.51. The monoisotopic (exact) mass is 412 g/mol. The summed E-state index contributed by atoms with van der Waals surface area (Å²) < 4.78 is 70.4. The lowest BCUT2D eigenvalue weighted by Crippen LogP contribution is -2.16. The van der Waals surface area contributed by atoms with Crippen molar-refractivity contribution in [2.45, 2.75) is 51.4 Å². The number of rotatable bonds is 5. The van der Waals surface area contributed by atoms with Crippen LogP contribution in [0.2, 0.25) is 0 Å². The second-order valence-electron chi connectivity index (χ2n) is 7.58. The number of carboxylic acid groups (broad SMARTS) is 1. The first-order valence-corrected chi connectivity index (χ1v) is 9.64. The summed E-state index contributed by atoms with van der Waals surface area (Å²) in [6.45, 7) is 2.08. The smallest absolute Gasteiger partial charge is 0.341 e. The molecular weight excluding hydrogens is 391 g/mol. The second-order valence-corrected chi connectivity index (χ2v) is 7.58. The molecule has 0 aliphatic heterocycles. The van der Waals surface area contributed by atoms with Gasteiger partial charge in [0.1, 0.15) is 17.2 Å². The number of benzene rings is 2. The van der Waals surface area contributed by atoms with Crippen LogP contribution in [0.4, 0.5) is 22.0 Å². The van der Waals surface area contributed by atoms with E-state index in [1.54, 1.807) is 0 Å². The first-order chi connectivity index (χ1) is 13.7. The van der Waals surface area contributed by atoms with E-state index >= 15 is 4.39 Å². The zero-order valence-electron chi connectivity index (χ0n) is 15.9. The fraction of sp³-hybridized carbons (Fsp3) is 0.409. The molecule has 1 fully saturated rings. The first-order valence-electron chi connectivity index (χ1n) is 9.64. The maximum atomic E-state index is 15.1. The van der Waals surface area contributed by atoms with Gasteiger partial charge in [0.25, 0.3) is 0 Å². The lowest BCUT2D eigenvalue weighted by atomic mass is 9.75. The van der Waals surface area contributed by atoms with E-state index in [2.05, 4.69) is 6.92 Å². The molecule has 0 amide bonds. The molecule has 29 heavy (non-hydrogen) atoms. The number of hydrogen-bond donors (Lipinski definition) is 1. The van der Waals surface area contributed by atoms with Crippen molar-refractivity contribution in [2.75, 3.05) is 0 Å². The lowest BCUT2D eigenvalue weighted by Gasteiger charge is -2.30. The summed E-state index contributed by atoms with van der Waals surface area (Å²) in [5, 5.41) is 9.18. The highest BCUT2D eigenvalue weighted by molar-refractivity contribution is 5.91. The van der Waals surface area contributed by atoms with E-state index in [9.17, 15) is 27.5 Å². The summed E-state index contributed by atoms with van der Waals surface area (Å²) in [5.74, 6) is -9.04. The van der Waals surface area contributed by atoms with Crippen molar-refractivity contribution in [1.82, 2.24) is 0 Å². The Morgan fingerprint density at radius 2 is 1.52 bits per heavy atom. The van der Waals surface area contributed by atoms with Crippen LogP contribution < -0.4 is 0 Å². The zero-order valence-corrected chi connectivity index (χ0v) is 15.9. The maximum Gasteiger partial charge on any atom is 0.341 e. The molecule has 0 saturated heterocycles. The van der Waals surface area contributed by atoms with Gasteiger partial charge in [0.05, 0.1) is 0 Å². The Labute approximate surface area is 165 Å². The first kappa shape index (κ1) is 21.3. The third-order valence-electron chi connectivity index (χ3n) is 5.72. The van der Waals surface area contributed by atoms with E-state index in [-0.39, 0.29) is 22.6 Å². The number of hydrogen-bond acceptors (Lipinski definition) is 1. The highest BCUT2D eigenvalue weighted by atomic mass is 19.2. The number of halogens is 5. The van der Waals surface area contributed by atoms with Gasteiger partial charge in [-0.3, -0.25) is 0 Å². The third-order valence-corrected chi connectivity index (χ3v) is 5.72. The Hall–Kier alpha value is -2.44. The van der Waals surface area contributed by atoms with Gasteiger partial charge in [-0.25, -0.2) is 26.7 Å². The van der Waals surface area contributed by atoms with E-state index in [1.165, 1.54) is 0 Å². The summed E-state index contributed by atoms with van der Waals surface area (Å²) in [7, 11) is 0. The van der Waals surface area contributed by atoms with Crippen molar-refractivity contribution >= 4 is 5.97 Å². The van der Waals surface area contributed by atoms with Crippen molar-refractivity contribution in [3.8, 4) is 11.1 Å². The van der Waals surface area contributed by atoms with Gasteiger partial charge in [-0.15, -0.1) is 0 Å². The fourth-order valence-electron chi connectivity index (χ4n) is 4.32. The minimum absolute atomic E-state index is 0.158. The summed E-state index contributed by atoms with van der Waals surface area (Å²) in [6, 6.07) is 2.14. The van der Waals surface area contributed by atoms with Crippen molar-refractivity contribution in [1.29, 1.82) is 0 Å². The van der Waals surface area contributed by atoms with Gasteiger partial charge >= 0.3 is 5.97 Å². The molecule has 0 bridgehead atoms. The Balaban J connectivity index is 2.15. The van der Waals surface area contributed by atoms with Gasteiger partial charge in [0.15, 0.2) is 17.5 Å². The summed E-state index contributed by atoms with van der Waals surface area (Å²) in [4.78, 5) is 11.3. The molecule has 1 aliphatic rings. The van der Waals surface area contributed by atoms with Gasteiger partial charge in [0, 0.05) is 5.56 Å². The van der Waals surface area contributed by atoms with E-state index in [4.69, 9.17) is 0 Å². The van der Waals surface area contributed by atoms with Crippen LogP contribution in [0.15, 0.2) is 18.2 Å². The van der Waals surface area contributed by atoms with Crippen molar-refractivity contribution in [3.05, 3.63) is 58.4 Å². The van der Waals surface area contributed by atoms with Crippen LogP contribution in [0.1, 0.15) is 67.3 Å². The average molecular weight is 412 g/mol. The summed E-state index contributed by atoms with van der Waals surface area (Å²) >= 11 is 0. The molecule has 2 nitrogen and oxygen atoms in total. The number of carbonyl (C=O) groups is 1. The van der Waals surface area contributed by atoms with Crippen LogP contribution in [-0.2, 0) is 0 Å². The topological polar surface area (TPSA) is 37.3 Å². The molecule has 3 rings (SSSR count). The maximum absolute atomic E-state index is 15.1. The molecule has 2 aromatic carbocycles. The standard InChI is InChI=1S/C22H21F5O2/c1-2-3-11-4-6-12(7-5-11)14-10-15(23)19(22(28)29)21(27)18(14)13-8-16(24)20(26)17(25)9-13/h8-12H,2-7H2,1H3,(H,28,29). The van der Waals surface area contributed by atoms with Crippen LogP contribution in [0.5, 0.6) is 0 Å². The van der Waals surface area contributed by atoms with Crippen LogP contribution in [0.3, 0.4) is 0 Å². The largest absolute Gasteiger partial charge is 0.477 e. The average Bonchev–Trinajstić information content (AvgIpc) is 2.66. The van der Waals surface area contributed by atoms with Gasteiger partial charge < -0.3 is 5.11 Å². The molecule has 0 spiro atoms. The van der Waals surface area contributed by atoms with E-state index < -0.39 is 40.6 Å². The van der Waals surface area contributed by atoms with Gasteiger partial charge in [-0.1, -0.05) is 19.8 Å². The van der Waals surface area contributed by atoms with Gasteiger partial charge in [-0.2, -0.15) is 0 Å². The summed E-state index contributed by atoms with van der Waals surface area (Å²) in [6.07, 6.45) is 5.01. The van der Waals surface area contributed by atoms with Crippen LogP contribution in [0, 0.1) is 35.0 Å². The minimum Gasteiger partial charge on any atom is -0.477 e. The van der Waals surface area contributed by atoms with E-state index in [0.29, 0.717) is 30.9 Å². The molecule has 7 heteroatoms. The van der Waals surface area contributed by atoms with Gasteiger partial charge in [0.2, 0.25) is 0 Å². The van der Waals surface area contributed by atoms with E-state index in [0.717, 1.165) is 31.7 Å². The van der Waals surface area contributed by atoms with Crippen molar-refractivity contribution < 1.29 is 31.9 Å². The van der Waals surface area contributed by atoms with E-state index in [1.807, 2.05) is 0 Å². The molecule has 1 saturated carbocycles. The summed E-state index contributed by atoms with van der Waals surface area (Å²) in [5.41, 5.74) is -1.79. The molecule has 0 unspecified atom stereocenters. The Kier molecular flexibility index (Phi) is 6.24. The van der Waals surface area contributed by atoms with Crippen LogP contribution in [0.25, 0.3) is 11.1 Å². The minimum atomic E-state index is -1.83. The highest BCUT2D eigenvalue weighted by Crippen LogP contribution is 2.43. The molecule has 156 valence electrons. The number of aromatic carboxylic acids is 1. The Bertz CT molecular complexity index is 910. The molecule has 0 atom stereocenters. The lowest BCUT2D eigenvalue weighted by molar-refractivity contribution is 0.0686. The molecule has 0 aromatic heterocycles. The third kappa shape index (κ3) is 4.14. The molecule has 0 radical (unpaired) electrons. The number of carboxylic acids is 1. The van der Waals surface area contributed by atoms with Gasteiger partial charge in [-0.05, 0) is 66.8 Å².